The van der Waals surface area contributed by atoms with E-state index in [1.807, 2.05) is 12.1 Å². The number of para-hydroxylation sites is 2. The van der Waals surface area contributed by atoms with E-state index in [0.717, 1.165) is 44.6 Å². The van der Waals surface area contributed by atoms with Crippen molar-refractivity contribution in [2.24, 2.45) is 0 Å². The van der Waals surface area contributed by atoms with Crippen LogP contribution in [0.1, 0.15) is 22.3 Å². The molecule has 0 fully saturated rings. The lowest BCUT2D eigenvalue weighted by atomic mass is 9.67. The fourth-order valence-electron chi connectivity index (χ4n) is 9.33. The van der Waals surface area contributed by atoms with Crippen molar-refractivity contribution >= 4 is 39.0 Å². The summed E-state index contributed by atoms with van der Waals surface area (Å²) in [5, 5.41) is 2.23. The van der Waals surface area contributed by atoms with Crippen LogP contribution in [0, 0.1) is 0 Å². The van der Waals surface area contributed by atoms with E-state index in [4.69, 9.17) is 4.42 Å². The highest BCUT2D eigenvalue weighted by Crippen LogP contribution is 2.59. The van der Waals surface area contributed by atoms with Crippen molar-refractivity contribution in [1.29, 1.82) is 0 Å². The zero-order valence-corrected chi connectivity index (χ0v) is 31.2. The quantitative estimate of drug-likeness (QED) is 0.163. The maximum Gasteiger partial charge on any atom is 0.137 e. The van der Waals surface area contributed by atoms with Gasteiger partial charge in [0.1, 0.15) is 11.2 Å². The Morgan fingerprint density at radius 3 is 1.65 bits per heavy atom. The number of benzene rings is 9. The zero-order valence-electron chi connectivity index (χ0n) is 31.2. The van der Waals surface area contributed by atoms with Crippen LogP contribution in [0.2, 0.25) is 0 Å². The molecule has 1 aliphatic carbocycles. The highest BCUT2D eigenvalue weighted by atomic mass is 16.3. The zero-order chi connectivity index (χ0) is 37.8. The lowest BCUT2D eigenvalue weighted by molar-refractivity contribution is 0.669. The molecule has 0 bridgehead atoms. The third-order valence-corrected chi connectivity index (χ3v) is 11.8. The minimum absolute atomic E-state index is 0.487. The minimum Gasteiger partial charge on any atom is -0.456 e. The van der Waals surface area contributed by atoms with Crippen LogP contribution in [0.4, 0.5) is 17.1 Å². The van der Waals surface area contributed by atoms with E-state index in [0.29, 0.717) is 0 Å². The Labute approximate surface area is 332 Å². The van der Waals surface area contributed by atoms with Gasteiger partial charge in [-0.3, -0.25) is 0 Å². The van der Waals surface area contributed by atoms with E-state index in [-0.39, 0.29) is 0 Å². The molecular formula is C55H37NO. The Hall–Kier alpha value is -7.42. The summed E-state index contributed by atoms with van der Waals surface area (Å²) in [7, 11) is 0. The van der Waals surface area contributed by atoms with Crippen molar-refractivity contribution in [2.75, 3.05) is 4.90 Å². The molecule has 0 amide bonds. The van der Waals surface area contributed by atoms with Gasteiger partial charge in [0.15, 0.2) is 0 Å². The highest BCUT2D eigenvalue weighted by molar-refractivity contribution is 6.07. The van der Waals surface area contributed by atoms with E-state index in [9.17, 15) is 0 Å². The smallest absolute Gasteiger partial charge is 0.137 e. The first-order chi connectivity index (χ1) is 28.3. The van der Waals surface area contributed by atoms with Crippen molar-refractivity contribution in [3.63, 3.8) is 0 Å². The SMILES string of the molecule is c1ccc(-c2ccc(N(c3ccc4c(c3)oc3ccccc34)c3ccccc3-c3cccc4c3-c3ccccc3C4(c3ccccc3)c3ccccc3)cc2)cc1. The number of hydrogen-bond donors (Lipinski definition) is 0. The molecule has 11 rings (SSSR count). The van der Waals surface area contributed by atoms with Crippen LogP contribution in [-0.4, -0.2) is 0 Å². The molecule has 0 radical (unpaired) electrons. The summed E-state index contributed by atoms with van der Waals surface area (Å²) in [5.41, 5.74) is 16.8. The third-order valence-electron chi connectivity index (χ3n) is 11.8. The Kier molecular flexibility index (Phi) is 7.75. The topological polar surface area (TPSA) is 16.4 Å². The number of furan rings is 1. The van der Waals surface area contributed by atoms with Crippen LogP contribution in [0.5, 0.6) is 0 Å². The largest absolute Gasteiger partial charge is 0.456 e. The fraction of sp³-hybridized carbons (Fsp3) is 0.0182. The van der Waals surface area contributed by atoms with Gasteiger partial charge in [0, 0.05) is 33.8 Å². The van der Waals surface area contributed by atoms with Crippen LogP contribution in [-0.2, 0) is 5.41 Å². The van der Waals surface area contributed by atoms with E-state index in [1.165, 1.54) is 50.1 Å². The van der Waals surface area contributed by atoms with Crippen LogP contribution < -0.4 is 4.90 Å². The van der Waals surface area contributed by atoms with E-state index >= 15 is 0 Å². The first kappa shape index (κ1) is 33.0. The Morgan fingerprint density at radius 2 is 0.895 bits per heavy atom. The summed E-state index contributed by atoms with van der Waals surface area (Å²) in [6.07, 6.45) is 0. The third kappa shape index (κ3) is 5.18. The summed E-state index contributed by atoms with van der Waals surface area (Å²) in [6.45, 7) is 0. The molecule has 1 aromatic heterocycles. The fourth-order valence-corrected chi connectivity index (χ4v) is 9.33. The molecule has 0 N–H and O–H groups in total. The molecule has 1 heterocycles. The molecule has 9 aromatic carbocycles. The van der Waals surface area contributed by atoms with Crippen molar-refractivity contribution in [1.82, 2.24) is 0 Å². The van der Waals surface area contributed by atoms with Crippen LogP contribution in [0.15, 0.2) is 229 Å². The Bertz CT molecular complexity index is 3020. The lowest BCUT2D eigenvalue weighted by Gasteiger charge is -2.34. The van der Waals surface area contributed by atoms with Crippen molar-refractivity contribution < 1.29 is 4.42 Å². The van der Waals surface area contributed by atoms with Gasteiger partial charge in [-0.15, -0.1) is 0 Å². The molecule has 268 valence electrons. The second-order valence-electron chi connectivity index (χ2n) is 14.8. The highest BCUT2D eigenvalue weighted by Gasteiger charge is 2.46. The Morgan fingerprint density at radius 1 is 0.351 bits per heavy atom. The molecule has 0 spiro atoms. The molecule has 0 atom stereocenters. The standard InChI is InChI=1S/C55H37NO/c1-4-17-38(18-5-1)39-31-33-42(34-32-39)56(43-35-36-46-45-24-12-15-30-52(45)57-53(46)37-43)51-29-14-11-23-44(51)47-26-16-28-50-54(47)48-25-10-13-27-49(48)55(50,40-19-6-2-7-20-40)41-21-8-3-9-22-41/h1-37H. The van der Waals surface area contributed by atoms with Gasteiger partial charge in [-0.1, -0.05) is 182 Å². The molecule has 10 aromatic rings. The maximum atomic E-state index is 6.49. The second-order valence-corrected chi connectivity index (χ2v) is 14.8. The monoisotopic (exact) mass is 727 g/mol. The Balaban J connectivity index is 1.16. The summed E-state index contributed by atoms with van der Waals surface area (Å²) in [6, 6.07) is 81.2. The summed E-state index contributed by atoms with van der Waals surface area (Å²) >= 11 is 0. The molecule has 2 nitrogen and oxygen atoms in total. The van der Waals surface area contributed by atoms with Crippen LogP contribution in [0.25, 0.3) is 55.3 Å². The molecule has 0 aliphatic heterocycles. The molecule has 0 saturated carbocycles. The van der Waals surface area contributed by atoms with Gasteiger partial charge in [0.25, 0.3) is 0 Å². The molecular weight excluding hydrogens is 691 g/mol. The lowest BCUT2D eigenvalue weighted by Crippen LogP contribution is -2.28. The number of nitrogens with zero attached hydrogens (tertiary/aromatic N) is 1. The van der Waals surface area contributed by atoms with Gasteiger partial charge < -0.3 is 9.32 Å². The van der Waals surface area contributed by atoms with Gasteiger partial charge in [-0.25, -0.2) is 0 Å². The molecule has 0 unspecified atom stereocenters. The van der Waals surface area contributed by atoms with Crippen LogP contribution >= 0.6 is 0 Å². The van der Waals surface area contributed by atoms with E-state index in [1.54, 1.807) is 0 Å². The molecule has 57 heavy (non-hydrogen) atoms. The van der Waals surface area contributed by atoms with Crippen molar-refractivity contribution in [3.8, 4) is 33.4 Å². The van der Waals surface area contributed by atoms with E-state index in [2.05, 4.69) is 217 Å². The molecule has 2 heteroatoms. The average molecular weight is 728 g/mol. The van der Waals surface area contributed by atoms with Gasteiger partial charge in [0.05, 0.1) is 11.1 Å². The van der Waals surface area contributed by atoms with E-state index < -0.39 is 5.41 Å². The average Bonchev–Trinajstić information content (AvgIpc) is 3.81. The number of hydrogen-bond acceptors (Lipinski definition) is 2. The normalized spacial score (nSPS) is 12.7. The number of anilines is 3. The van der Waals surface area contributed by atoms with Gasteiger partial charge in [-0.2, -0.15) is 0 Å². The van der Waals surface area contributed by atoms with Gasteiger partial charge in [0.2, 0.25) is 0 Å². The predicted molar refractivity (Wildman–Crippen MR) is 237 cm³/mol. The predicted octanol–water partition coefficient (Wildman–Crippen LogP) is 14.8. The summed E-state index contributed by atoms with van der Waals surface area (Å²) < 4.78 is 6.49. The maximum absolute atomic E-state index is 6.49. The number of rotatable bonds is 7. The molecule has 1 aliphatic rings. The summed E-state index contributed by atoms with van der Waals surface area (Å²) in [5.74, 6) is 0. The first-order valence-corrected chi connectivity index (χ1v) is 19.6. The van der Waals surface area contributed by atoms with Gasteiger partial charge in [-0.05, 0) is 86.5 Å². The van der Waals surface area contributed by atoms with Crippen molar-refractivity contribution in [3.05, 3.63) is 247 Å². The second kappa shape index (κ2) is 13.4. The summed E-state index contributed by atoms with van der Waals surface area (Å²) in [4.78, 5) is 2.39. The van der Waals surface area contributed by atoms with Gasteiger partial charge >= 0.3 is 0 Å². The minimum atomic E-state index is -0.487. The number of fused-ring (bicyclic) bond motifs is 6. The van der Waals surface area contributed by atoms with Crippen LogP contribution in [0.3, 0.4) is 0 Å². The first-order valence-electron chi connectivity index (χ1n) is 19.6. The molecule has 0 saturated heterocycles. The van der Waals surface area contributed by atoms with Crippen molar-refractivity contribution in [2.45, 2.75) is 5.41 Å².